The van der Waals surface area contributed by atoms with Crippen LogP contribution in [0.1, 0.15) is 17.5 Å². The fraction of sp³-hybridized carbons (Fsp3) is 0.333. The van der Waals surface area contributed by atoms with E-state index >= 15 is 0 Å². The molecule has 3 rings (SSSR count). The van der Waals surface area contributed by atoms with Crippen molar-refractivity contribution in [3.63, 3.8) is 0 Å². The quantitative estimate of drug-likeness (QED) is 0.686. The number of rotatable bonds is 8. The smallest absolute Gasteiger partial charge is 0.233 e. The highest BCUT2D eigenvalue weighted by atomic mass is 35.5. The maximum Gasteiger partial charge on any atom is 0.233 e. The number of carbonyl (C=O) groups excluding carboxylic acids is 2. The van der Waals surface area contributed by atoms with Crippen LogP contribution in [0.25, 0.3) is 0 Å². The highest BCUT2D eigenvalue weighted by Gasteiger charge is 2.39. The van der Waals surface area contributed by atoms with E-state index < -0.39 is 12.0 Å². The van der Waals surface area contributed by atoms with E-state index in [1.807, 2.05) is 12.1 Å². The van der Waals surface area contributed by atoms with E-state index in [-0.39, 0.29) is 37.2 Å². The molecule has 7 heteroatoms. The van der Waals surface area contributed by atoms with E-state index in [4.69, 9.17) is 16.3 Å². The SMILES string of the molecule is O=C1CC(Cc2ccc(F)cc2)C(=O)N1CC(O)COCc1ccc(Cl)cc1. The van der Waals surface area contributed by atoms with Crippen LogP contribution >= 0.6 is 11.6 Å². The summed E-state index contributed by atoms with van der Waals surface area (Å²) in [5.41, 5.74) is 1.70. The number of aliphatic hydroxyl groups excluding tert-OH is 1. The average Bonchev–Trinajstić information content (AvgIpc) is 2.92. The molecule has 0 aliphatic carbocycles. The Balaban J connectivity index is 1.47. The molecule has 5 nitrogen and oxygen atoms in total. The van der Waals surface area contributed by atoms with E-state index in [0.717, 1.165) is 16.0 Å². The number of hydrogen-bond acceptors (Lipinski definition) is 4. The number of ether oxygens (including phenoxy) is 1. The number of hydrogen-bond donors (Lipinski definition) is 1. The summed E-state index contributed by atoms with van der Waals surface area (Å²) in [6.45, 7) is 0.198. The fourth-order valence-electron chi connectivity index (χ4n) is 3.16. The number of β-amino-alcohol motifs (C(OH)–C–C–N with tert-alkyl or cyclic N) is 1. The summed E-state index contributed by atoms with van der Waals surface area (Å²) >= 11 is 5.82. The van der Waals surface area contributed by atoms with Gasteiger partial charge in [-0.05, 0) is 41.8 Å². The number of amides is 2. The molecular formula is C21H21ClFNO4. The molecule has 1 saturated heterocycles. The van der Waals surface area contributed by atoms with Gasteiger partial charge in [0.2, 0.25) is 11.8 Å². The van der Waals surface area contributed by atoms with Gasteiger partial charge in [-0.2, -0.15) is 0 Å². The summed E-state index contributed by atoms with van der Waals surface area (Å²) in [6, 6.07) is 13.0. The predicted octanol–water partition coefficient (Wildman–Crippen LogP) is 2.97. The fourth-order valence-corrected chi connectivity index (χ4v) is 3.29. The number of carbonyl (C=O) groups is 2. The molecule has 1 heterocycles. The van der Waals surface area contributed by atoms with Crippen molar-refractivity contribution in [2.45, 2.75) is 25.6 Å². The number of likely N-dealkylation sites (tertiary alicyclic amines) is 1. The van der Waals surface area contributed by atoms with E-state index in [2.05, 4.69) is 0 Å². The molecule has 0 aromatic heterocycles. The van der Waals surface area contributed by atoms with Crippen LogP contribution in [0.4, 0.5) is 4.39 Å². The van der Waals surface area contributed by atoms with Gasteiger partial charge in [-0.1, -0.05) is 35.9 Å². The van der Waals surface area contributed by atoms with Crippen LogP contribution in [-0.2, 0) is 27.4 Å². The summed E-state index contributed by atoms with van der Waals surface area (Å²) in [7, 11) is 0. The first-order valence-corrected chi connectivity index (χ1v) is 9.39. The molecule has 148 valence electrons. The first-order chi connectivity index (χ1) is 13.4. The van der Waals surface area contributed by atoms with Crippen LogP contribution in [0, 0.1) is 11.7 Å². The van der Waals surface area contributed by atoms with Gasteiger partial charge in [0.15, 0.2) is 0 Å². The summed E-state index contributed by atoms with van der Waals surface area (Å²) in [4.78, 5) is 25.8. The summed E-state index contributed by atoms with van der Waals surface area (Å²) in [5.74, 6) is -1.46. The first kappa shape index (κ1) is 20.5. The zero-order valence-electron chi connectivity index (χ0n) is 15.2. The van der Waals surface area contributed by atoms with Crippen LogP contribution in [0.5, 0.6) is 0 Å². The lowest BCUT2D eigenvalue weighted by molar-refractivity contribution is -0.141. The number of imide groups is 1. The number of halogens is 2. The van der Waals surface area contributed by atoms with Crippen LogP contribution in [0.3, 0.4) is 0 Å². The minimum Gasteiger partial charge on any atom is -0.389 e. The molecule has 0 spiro atoms. The van der Waals surface area contributed by atoms with Crippen molar-refractivity contribution in [1.29, 1.82) is 0 Å². The maximum atomic E-state index is 13.0. The Hall–Kier alpha value is -2.28. The Morgan fingerprint density at radius 1 is 1.11 bits per heavy atom. The van der Waals surface area contributed by atoms with Crippen LogP contribution < -0.4 is 0 Å². The van der Waals surface area contributed by atoms with Crippen LogP contribution in [-0.4, -0.2) is 41.1 Å². The second kappa shape index (κ2) is 9.28. The molecule has 0 radical (unpaired) electrons. The third-order valence-electron chi connectivity index (χ3n) is 4.62. The summed E-state index contributed by atoms with van der Waals surface area (Å²) in [6.07, 6.45) is -0.510. The zero-order chi connectivity index (χ0) is 20.1. The molecule has 0 bridgehead atoms. The van der Waals surface area contributed by atoms with Crippen molar-refractivity contribution in [3.05, 3.63) is 70.5 Å². The largest absolute Gasteiger partial charge is 0.389 e. The average molecular weight is 406 g/mol. The molecule has 2 atom stereocenters. The Kier molecular flexibility index (Phi) is 6.78. The third-order valence-corrected chi connectivity index (χ3v) is 4.87. The van der Waals surface area contributed by atoms with Crippen molar-refractivity contribution in [2.75, 3.05) is 13.2 Å². The molecule has 1 N–H and O–H groups in total. The van der Waals surface area contributed by atoms with E-state index in [9.17, 15) is 19.1 Å². The van der Waals surface area contributed by atoms with Crippen molar-refractivity contribution >= 4 is 23.4 Å². The van der Waals surface area contributed by atoms with Crippen molar-refractivity contribution < 1.29 is 23.8 Å². The minimum atomic E-state index is -0.968. The van der Waals surface area contributed by atoms with Gasteiger partial charge in [-0.25, -0.2) is 4.39 Å². The monoisotopic (exact) mass is 405 g/mol. The number of benzene rings is 2. The highest BCUT2D eigenvalue weighted by Crippen LogP contribution is 2.24. The number of nitrogens with zero attached hydrogens (tertiary/aromatic N) is 1. The lowest BCUT2D eigenvalue weighted by atomic mass is 9.98. The molecule has 2 amide bonds. The van der Waals surface area contributed by atoms with Gasteiger partial charge in [0.05, 0.1) is 31.8 Å². The van der Waals surface area contributed by atoms with Crippen LogP contribution in [0.2, 0.25) is 5.02 Å². The second-order valence-corrected chi connectivity index (χ2v) is 7.31. The third kappa shape index (κ3) is 5.38. The Morgan fingerprint density at radius 3 is 2.43 bits per heavy atom. The molecule has 28 heavy (non-hydrogen) atoms. The molecule has 1 fully saturated rings. The van der Waals surface area contributed by atoms with E-state index in [1.54, 1.807) is 24.3 Å². The zero-order valence-corrected chi connectivity index (χ0v) is 15.9. The molecule has 2 unspecified atom stereocenters. The topological polar surface area (TPSA) is 66.8 Å². The highest BCUT2D eigenvalue weighted by molar-refractivity contribution is 6.30. The van der Waals surface area contributed by atoms with Gasteiger partial charge in [0.25, 0.3) is 0 Å². The normalized spacial score (nSPS) is 18.0. The molecule has 1 aliphatic rings. The van der Waals surface area contributed by atoms with Crippen molar-refractivity contribution in [2.24, 2.45) is 5.92 Å². The number of aliphatic hydroxyl groups is 1. The lowest BCUT2D eigenvalue weighted by Gasteiger charge is -2.19. The van der Waals surface area contributed by atoms with Crippen molar-refractivity contribution in [3.8, 4) is 0 Å². The van der Waals surface area contributed by atoms with Crippen molar-refractivity contribution in [1.82, 2.24) is 4.90 Å². The molecule has 2 aromatic rings. The first-order valence-electron chi connectivity index (χ1n) is 9.01. The summed E-state index contributed by atoms with van der Waals surface area (Å²) in [5, 5.41) is 10.8. The van der Waals surface area contributed by atoms with Gasteiger partial charge < -0.3 is 9.84 Å². The lowest BCUT2D eigenvalue weighted by Crippen LogP contribution is -2.39. The predicted molar refractivity (Wildman–Crippen MR) is 102 cm³/mol. The molecular weight excluding hydrogens is 385 g/mol. The Morgan fingerprint density at radius 2 is 1.75 bits per heavy atom. The van der Waals surface area contributed by atoms with Gasteiger partial charge >= 0.3 is 0 Å². The van der Waals surface area contributed by atoms with Crippen LogP contribution in [0.15, 0.2) is 48.5 Å². The van der Waals surface area contributed by atoms with E-state index in [1.165, 1.54) is 12.1 Å². The minimum absolute atomic E-state index is 0.00230. The molecule has 2 aromatic carbocycles. The Bertz CT molecular complexity index is 825. The Labute approximate surface area is 167 Å². The molecule has 0 saturated carbocycles. The second-order valence-electron chi connectivity index (χ2n) is 6.87. The standard InChI is InChI=1S/C21H21ClFNO4/c22-17-5-1-15(2-6-17)12-28-13-19(25)11-24-20(26)10-16(21(24)27)9-14-3-7-18(23)8-4-14/h1-8,16,19,25H,9-13H2. The molecule has 1 aliphatic heterocycles. The van der Waals surface area contributed by atoms with Gasteiger partial charge in [0.1, 0.15) is 5.82 Å². The van der Waals surface area contributed by atoms with E-state index in [0.29, 0.717) is 18.1 Å². The maximum absolute atomic E-state index is 13.0. The van der Waals surface area contributed by atoms with Gasteiger partial charge in [-0.15, -0.1) is 0 Å². The van der Waals surface area contributed by atoms with Gasteiger partial charge in [0, 0.05) is 11.4 Å². The van der Waals surface area contributed by atoms with Gasteiger partial charge in [-0.3, -0.25) is 14.5 Å². The summed E-state index contributed by atoms with van der Waals surface area (Å²) < 4.78 is 18.5.